The quantitative estimate of drug-likeness (QED) is 0.343. The number of sulfonamides is 2. The van der Waals surface area contributed by atoms with Gasteiger partial charge in [0.25, 0.3) is 10.0 Å². The van der Waals surface area contributed by atoms with Crippen molar-refractivity contribution in [3.8, 4) is 5.75 Å². The van der Waals surface area contributed by atoms with Gasteiger partial charge in [0, 0.05) is 13.1 Å². The van der Waals surface area contributed by atoms with E-state index in [9.17, 15) is 21.6 Å². The van der Waals surface area contributed by atoms with Gasteiger partial charge in [0.1, 0.15) is 18.9 Å². The summed E-state index contributed by atoms with van der Waals surface area (Å²) < 4.78 is 60.9. The molecule has 1 fully saturated rings. The minimum absolute atomic E-state index is 0.102. The molecule has 0 radical (unpaired) electrons. The van der Waals surface area contributed by atoms with Crippen LogP contribution in [0, 0.1) is 20.8 Å². The number of rotatable bonds is 11. The van der Waals surface area contributed by atoms with Crippen LogP contribution >= 0.6 is 0 Å². The summed E-state index contributed by atoms with van der Waals surface area (Å²) in [6.45, 7) is 6.48. The Hall–Kier alpha value is -3.41. The number of hydrogen-bond acceptors (Lipinski definition) is 6. The molecule has 0 spiro atoms. The third-order valence-corrected chi connectivity index (χ3v) is 10.4. The molecule has 3 aromatic carbocycles. The molecule has 40 heavy (non-hydrogen) atoms. The third-order valence-electron chi connectivity index (χ3n) is 6.75. The normalized spacial score (nSPS) is 14.2. The van der Waals surface area contributed by atoms with Crippen molar-refractivity contribution in [3.05, 3.63) is 83.4 Å². The maximum Gasteiger partial charge on any atom is 0.264 e. The van der Waals surface area contributed by atoms with Gasteiger partial charge in [0.05, 0.1) is 22.0 Å². The average molecular weight is 586 g/mol. The van der Waals surface area contributed by atoms with Crippen LogP contribution in [-0.2, 0) is 24.8 Å². The molecule has 214 valence electrons. The highest BCUT2D eigenvalue weighted by molar-refractivity contribution is 7.92. The third kappa shape index (κ3) is 6.83. The number of amides is 1. The Kier molecular flexibility index (Phi) is 9.17. The topological polar surface area (TPSA) is 113 Å². The van der Waals surface area contributed by atoms with Crippen LogP contribution in [-0.4, -0.2) is 59.8 Å². The maximum atomic E-state index is 13.6. The van der Waals surface area contributed by atoms with Crippen LogP contribution in [0.15, 0.2) is 76.5 Å². The van der Waals surface area contributed by atoms with Gasteiger partial charge >= 0.3 is 0 Å². The van der Waals surface area contributed by atoms with Crippen molar-refractivity contribution in [2.45, 2.75) is 43.4 Å². The van der Waals surface area contributed by atoms with E-state index in [1.807, 2.05) is 26.0 Å². The van der Waals surface area contributed by atoms with E-state index in [1.165, 1.54) is 28.6 Å². The molecule has 4 rings (SSSR count). The predicted octanol–water partition coefficient (Wildman–Crippen LogP) is 3.79. The van der Waals surface area contributed by atoms with E-state index in [-0.39, 0.29) is 22.9 Å². The fourth-order valence-electron chi connectivity index (χ4n) is 4.46. The van der Waals surface area contributed by atoms with E-state index in [0.717, 1.165) is 33.8 Å². The van der Waals surface area contributed by atoms with Gasteiger partial charge in [-0.2, -0.15) is 4.31 Å². The van der Waals surface area contributed by atoms with Crippen LogP contribution in [0.2, 0.25) is 0 Å². The van der Waals surface area contributed by atoms with Gasteiger partial charge in [0.2, 0.25) is 15.9 Å². The van der Waals surface area contributed by atoms with Crippen LogP contribution in [0.4, 0.5) is 5.69 Å². The van der Waals surface area contributed by atoms with Crippen LogP contribution < -0.4 is 14.4 Å². The molecule has 0 aromatic heterocycles. The Morgan fingerprint density at radius 1 is 0.850 bits per heavy atom. The standard InChI is InChI=1S/C29H35N3O6S2/c1-22-7-12-27(13-8-22)40(36,37)32(28-20-23(2)6-9-24(28)3)21-29(33)30-16-19-38-25-10-14-26(15-11-25)39(34,35)31-17-4-5-18-31/h6-15,20H,4-5,16-19,21H2,1-3H3,(H,30,33). The van der Waals surface area contributed by atoms with Crippen molar-refractivity contribution in [3.63, 3.8) is 0 Å². The zero-order chi connectivity index (χ0) is 28.9. The molecular weight excluding hydrogens is 550 g/mol. The molecule has 0 aliphatic carbocycles. The van der Waals surface area contributed by atoms with Crippen molar-refractivity contribution in [2.75, 3.05) is 37.1 Å². The Morgan fingerprint density at radius 3 is 2.10 bits per heavy atom. The summed E-state index contributed by atoms with van der Waals surface area (Å²) in [5, 5.41) is 2.72. The van der Waals surface area contributed by atoms with Crippen LogP contribution in [0.3, 0.4) is 0 Å². The number of nitrogens with zero attached hydrogens (tertiary/aromatic N) is 2. The second-order valence-electron chi connectivity index (χ2n) is 9.90. The molecule has 0 saturated carbocycles. The summed E-state index contributed by atoms with van der Waals surface area (Å²) >= 11 is 0. The lowest BCUT2D eigenvalue weighted by molar-refractivity contribution is -0.119. The lowest BCUT2D eigenvalue weighted by Gasteiger charge is -2.26. The van der Waals surface area contributed by atoms with Crippen molar-refractivity contribution in [2.24, 2.45) is 0 Å². The SMILES string of the molecule is Cc1ccc(S(=O)(=O)N(CC(=O)NCCOc2ccc(S(=O)(=O)N3CCCC3)cc2)c2cc(C)ccc2C)cc1. The van der Waals surface area contributed by atoms with Crippen LogP contribution in [0.25, 0.3) is 0 Å². The molecule has 0 atom stereocenters. The number of benzene rings is 3. The maximum absolute atomic E-state index is 13.6. The van der Waals surface area contributed by atoms with Crippen molar-refractivity contribution in [1.29, 1.82) is 0 Å². The largest absolute Gasteiger partial charge is 0.492 e. The van der Waals surface area contributed by atoms with Gasteiger partial charge in [-0.05, 0) is 87.2 Å². The molecule has 9 nitrogen and oxygen atoms in total. The minimum Gasteiger partial charge on any atom is -0.492 e. The van der Waals surface area contributed by atoms with Gasteiger partial charge in [-0.1, -0.05) is 29.8 Å². The fraction of sp³-hybridized carbons (Fsp3) is 0.345. The molecule has 1 aliphatic heterocycles. The summed E-state index contributed by atoms with van der Waals surface area (Å²) in [5.74, 6) is -0.0131. The number of hydrogen-bond donors (Lipinski definition) is 1. The number of aryl methyl sites for hydroxylation is 3. The summed E-state index contributed by atoms with van der Waals surface area (Å²) in [7, 11) is -7.51. The summed E-state index contributed by atoms with van der Waals surface area (Å²) in [6, 6.07) is 18.2. The van der Waals surface area contributed by atoms with E-state index < -0.39 is 32.5 Å². The molecular formula is C29H35N3O6S2. The van der Waals surface area contributed by atoms with E-state index in [0.29, 0.717) is 24.5 Å². The van der Waals surface area contributed by atoms with Gasteiger partial charge < -0.3 is 10.1 Å². The second-order valence-corrected chi connectivity index (χ2v) is 13.7. The number of ether oxygens (including phenoxy) is 1. The van der Waals surface area contributed by atoms with Crippen molar-refractivity contribution in [1.82, 2.24) is 9.62 Å². The van der Waals surface area contributed by atoms with Gasteiger partial charge in [-0.15, -0.1) is 0 Å². The Labute approximate surface area is 236 Å². The molecule has 1 amide bonds. The fourth-order valence-corrected chi connectivity index (χ4v) is 7.45. The van der Waals surface area contributed by atoms with E-state index in [2.05, 4.69) is 5.32 Å². The monoisotopic (exact) mass is 585 g/mol. The molecule has 1 aliphatic rings. The number of nitrogens with one attached hydrogen (secondary N) is 1. The Bertz CT molecular complexity index is 1550. The molecule has 3 aromatic rings. The zero-order valence-corrected chi connectivity index (χ0v) is 24.6. The Balaban J connectivity index is 1.39. The minimum atomic E-state index is -4.01. The van der Waals surface area contributed by atoms with E-state index in [4.69, 9.17) is 4.74 Å². The number of anilines is 1. The lowest BCUT2D eigenvalue weighted by Crippen LogP contribution is -2.42. The van der Waals surface area contributed by atoms with Crippen LogP contribution in [0.5, 0.6) is 5.75 Å². The van der Waals surface area contributed by atoms with E-state index in [1.54, 1.807) is 37.3 Å². The Morgan fingerprint density at radius 2 is 1.45 bits per heavy atom. The molecule has 1 heterocycles. The van der Waals surface area contributed by atoms with Crippen molar-refractivity contribution < 1.29 is 26.4 Å². The van der Waals surface area contributed by atoms with Gasteiger partial charge in [0.15, 0.2) is 0 Å². The lowest BCUT2D eigenvalue weighted by atomic mass is 10.1. The van der Waals surface area contributed by atoms with Crippen molar-refractivity contribution >= 4 is 31.6 Å². The highest BCUT2D eigenvalue weighted by Gasteiger charge is 2.29. The predicted molar refractivity (Wildman–Crippen MR) is 155 cm³/mol. The summed E-state index contributed by atoms with van der Waals surface area (Å²) in [5.41, 5.74) is 2.97. The molecule has 1 N–H and O–H groups in total. The highest BCUT2D eigenvalue weighted by atomic mass is 32.2. The van der Waals surface area contributed by atoms with Gasteiger partial charge in [-0.25, -0.2) is 16.8 Å². The molecule has 11 heteroatoms. The molecule has 1 saturated heterocycles. The first-order valence-corrected chi connectivity index (χ1v) is 16.0. The second kappa shape index (κ2) is 12.4. The smallest absolute Gasteiger partial charge is 0.264 e. The summed E-state index contributed by atoms with van der Waals surface area (Å²) in [6.07, 6.45) is 1.73. The highest BCUT2D eigenvalue weighted by Crippen LogP contribution is 2.28. The number of carbonyl (C=O) groups excluding carboxylic acids is 1. The van der Waals surface area contributed by atoms with E-state index >= 15 is 0 Å². The molecule has 0 unspecified atom stereocenters. The zero-order valence-electron chi connectivity index (χ0n) is 23.0. The van der Waals surface area contributed by atoms with Gasteiger partial charge in [-0.3, -0.25) is 9.10 Å². The first-order valence-electron chi connectivity index (χ1n) is 13.1. The number of carbonyl (C=O) groups is 1. The molecule has 0 bridgehead atoms. The first-order chi connectivity index (χ1) is 19.0. The average Bonchev–Trinajstić information content (AvgIpc) is 3.48. The summed E-state index contributed by atoms with van der Waals surface area (Å²) in [4.78, 5) is 13.2. The van der Waals surface area contributed by atoms with Crippen LogP contribution in [0.1, 0.15) is 29.5 Å². The first kappa shape index (κ1) is 29.6.